The number of rotatable bonds is 3. The van der Waals surface area contributed by atoms with Gasteiger partial charge in [-0.25, -0.2) is 0 Å². The van der Waals surface area contributed by atoms with Crippen LogP contribution in [0.2, 0.25) is 0 Å². The lowest BCUT2D eigenvalue weighted by Gasteiger charge is -2.23. The summed E-state index contributed by atoms with van der Waals surface area (Å²) in [6.07, 6.45) is 1.62. The van der Waals surface area contributed by atoms with Gasteiger partial charge in [0.05, 0.1) is 6.04 Å². The lowest BCUT2D eigenvalue weighted by atomic mass is 9.85. The quantitative estimate of drug-likeness (QED) is 0.826. The van der Waals surface area contributed by atoms with Crippen molar-refractivity contribution >= 4 is 22.8 Å². The highest BCUT2D eigenvalue weighted by molar-refractivity contribution is 8.14. The van der Waals surface area contributed by atoms with Crippen molar-refractivity contribution in [1.82, 2.24) is 5.32 Å². The molecule has 1 rings (SSSR count). The van der Waals surface area contributed by atoms with Crippen LogP contribution in [0.4, 0.5) is 0 Å². The standard InChI is InChI=1S/C12H21NO2S/c1-8(7-12(2,3)4)10(14)13-9-5-6-16-11(9)15/h8-9H,5-7H2,1-4H3,(H,13,14). The van der Waals surface area contributed by atoms with Gasteiger partial charge in [-0.3, -0.25) is 9.59 Å². The van der Waals surface area contributed by atoms with E-state index >= 15 is 0 Å². The molecule has 0 saturated carbocycles. The maximum atomic E-state index is 11.8. The van der Waals surface area contributed by atoms with Gasteiger partial charge in [-0.05, 0) is 18.3 Å². The summed E-state index contributed by atoms with van der Waals surface area (Å²) >= 11 is 1.32. The second-order valence-corrected chi connectivity index (χ2v) is 6.78. The van der Waals surface area contributed by atoms with E-state index in [2.05, 4.69) is 26.1 Å². The Hall–Kier alpha value is -0.510. The summed E-state index contributed by atoms with van der Waals surface area (Å²) < 4.78 is 0. The van der Waals surface area contributed by atoms with Gasteiger partial charge in [0.15, 0.2) is 0 Å². The van der Waals surface area contributed by atoms with E-state index in [0.29, 0.717) is 0 Å². The normalized spacial score (nSPS) is 23.2. The molecule has 16 heavy (non-hydrogen) atoms. The van der Waals surface area contributed by atoms with Crippen LogP contribution < -0.4 is 5.32 Å². The van der Waals surface area contributed by atoms with Crippen molar-refractivity contribution in [3.63, 3.8) is 0 Å². The first kappa shape index (κ1) is 13.6. The van der Waals surface area contributed by atoms with Crippen LogP contribution in [0.15, 0.2) is 0 Å². The van der Waals surface area contributed by atoms with Crippen LogP contribution in [-0.4, -0.2) is 22.8 Å². The Labute approximate surface area is 102 Å². The third-order valence-electron chi connectivity index (χ3n) is 2.62. The highest BCUT2D eigenvalue weighted by Gasteiger charge is 2.29. The fourth-order valence-corrected chi connectivity index (χ4v) is 2.88. The Morgan fingerprint density at radius 3 is 2.62 bits per heavy atom. The number of nitrogens with one attached hydrogen (secondary N) is 1. The molecule has 2 atom stereocenters. The zero-order chi connectivity index (χ0) is 12.3. The van der Waals surface area contributed by atoms with Gasteiger partial charge in [-0.2, -0.15) is 0 Å². The van der Waals surface area contributed by atoms with Crippen molar-refractivity contribution in [2.24, 2.45) is 11.3 Å². The van der Waals surface area contributed by atoms with Crippen molar-refractivity contribution in [2.75, 3.05) is 5.75 Å². The molecule has 1 amide bonds. The molecule has 0 aromatic rings. The molecule has 3 nitrogen and oxygen atoms in total. The van der Waals surface area contributed by atoms with E-state index in [0.717, 1.165) is 18.6 Å². The van der Waals surface area contributed by atoms with E-state index in [4.69, 9.17) is 0 Å². The minimum atomic E-state index is -0.250. The molecule has 1 fully saturated rings. The minimum Gasteiger partial charge on any atom is -0.345 e. The van der Waals surface area contributed by atoms with Crippen LogP contribution in [0.25, 0.3) is 0 Å². The van der Waals surface area contributed by atoms with Crippen molar-refractivity contribution in [1.29, 1.82) is 0 Å². The van der Waals surface area contributed by atoms with Gasteiger partial charge in [-0.15, -0.1) is 0 Å². The second kappa shape index (κ2) is 5.21. The summed E-state index contributed by atoms with van der Waals surface area (Å²) in [6.45, 7) is 8.28. The summed E-state index contributed by atoms with van der Waals surface area (Å²) in [6, 6.07) is -0.250. The fraction of sp³-hybridized carbons (Fsp3) is 0.833. The lowest BCUT2D eigenvalue weighted by molar-refractivity contribution is -0.128. The van der Waals surface area contributed by atoms with Crippen LogP contribution >= 0.6 is 11.8 Å². The van der Waals surface area contributed by atoms with E-state index in [-0.39, 0.29) is 28.4 Å². The molecule has 1 aliphatic rings. The van der Waals surface area contributed by atoms with E-state index in [1.165, 1.54) is 11.8 Å². The molecular weight excluding hydrogens is 222 g/mol. The predicted molar refractivity (Wildman–Crippen MR) is 67.2 cm³/mol. The molecule has 92 valence electrons. The van der Waals surface area contributed by atoms with Crippen LogP contribution in [0, 0.1) is 11.3 Å². The number of thioether (sulfide) groups is 1. The molecule has 1 N–H and O–H groups in total. The van der Waals surface area contributed by atoms with Crippen molar-refractivity contribution in [2.45, 2.75) is 46.6 Å². The highest BCUT2D eigenvalue weighted by atomic mass is 32.2. The molecule has 1 saturated heterocycles. The number of carbonyl (C=O) groups is 2. The molecule has 1 aliphatic heterocycles. The fourth-order valence-electron chi connectivity index (χ4n) is 1.95. The average molecular weight is 243 g/mol. The molecule has 0 aliphatic carbocycles. The zero-order valence-corrected chi connectivity index (χ0v) is 11.3. The van der Waals surface area contributed by atoms with Crippen LogP contribution in [0.3, 0.4) is 0 Å². The minimum absolute atomic E-state index is 0.00998. The summed E-state index contributed by atoms with van der Waals surface area (Å²) in [7, 11) is 0. The molecular formula is C12H21NO2S. The predicted octanol–water partition coefficient (Wildman–Crippen LogP) is 2.21. The number of carbonyl (C=O) groups excluding carboxylic acids is 2. The zero-order valence-electron chi connectivity index (χ0n) is 10.5. The topological polar surface area (TPSA) is 46.2 Å². The molecule has 0 aromatic heterocycles. The summed E-state index contributed by atoms with van der Waals surface area (Å²) in [5.41, 5.74) is 0.144. The first-order chi connectivity index (χ1) is 7.29. The second-order valence-electron chi connectivity index (χ2n) is 5.68. The van der Waals surface area contributed by atoms with Crippen molar-refractivity contribution in [3.05, 3.63) is 0 Å². The monoisotopic (exact) mass is 243 g/mol. The Morgan fingerprint density at radius 2 is 2.19 bits per heavy atom. The van der Waals surface area contributed by atoms with Gasteiger partial charge in [0, 0.05) is 11.7 Å². The third-order valence-corrected chi connectivity index (χ3v) is 3.63. The van der Waals surface area contributed by atoms with Crippen LogP contribution in [0.5, 0.6) is 0 Å². The van der Waals surface area contributed by atoms with Gasteiger partial charge >= 0.3 is 0 Å². The molecule has 4 heteroatoms. The highest BCUT2D eigenvalue weighted by Crippen LogP contribution is 2.25. The van der Waals surface area contributed by atoms with Gasteiger partial charge in [-0.1, -0.05) is 39.5 Å². The SMILES string of the molecule is CC(CC(C)(C)C)C(=O)NC1CCSC1=O. The molecule has 0 radical (unpaired) electrons. The molecule has 0 aromatic carbocycles. The van der Waals surface area contributed by atoms with E-state index in [1.807, 2.05) is 6.92 Å². The van der Waals surface area contributed by atoms with Crippen LogP contribution in [0.1, 0.15) is 40.5 Å². The smallest absolute Gasteiger partial charge is 0.223 e. The summed E-state index contributed by atoms with van der Waals surface area (Å²) in [5.74, 6) is 0.812. The van der Waals surface area contributed by atoms with Crippen molar-refractivity contribution in [3.8, 4) is 0 Å². The molecule has 2 unspecified atom stereocenters. The van der Waals surface area contributed by atoms with E-state index < -0.39 is 0 Å². The van der Waals surface area contributed by atoms with Gasteiger partial charge in [0.1, 0.15) is 0 Å². The number of amides is 1. The molecule has 0 spiro atoms. The third kappa shape index (κ3) is 4.16. The maximum Gasteiger partial charge on any atom is 0.223 e. The molecule has 0 bridgehead atoms. The number of hydrogen-bond donors (Lipinski definition) is 1. The summed E-state index contributed by atoms with van der Waals surface area (Å²) in [5, 5.41) is 2.95. The van der Waals surface area contributed by atoms with E-state index in [1.54, 1.807) is 0 Å². The lowest BCUT2D eigenvalue weighted by Crippen LogP contribution is -2.40. The van der Waals surface area contributed by atoms with Crippen molar-refractivity contribution < 1.29 is 9.59 Å². The first-order valence-corrected chi connectivity index (χ1v) is 6.75. The molecule has 1 heterocycles. The summed E-state index contributed by atoms with van der Waals surface area (Å²) in [4.78, 5) is 23.2. The van der Waals surface area contributed by atoms with Crippen LogP contribution in [-0.2, 0) is 9.59 Å². The van der Waals surface area contributed by atoms with E-state index in [9.17, 15) is 9.59 Å². The maximum absolute atomic E-state index is 11.8. The largest absolute Gasteiger partial charge is 0.345 e. The number of hydrogen-bond acceptors (Lipinski definition) is 3. The van der Waals surface area contributed by atoms with Gasteiger partial charge < -0.3 is 5.32 Å². The Balaban J connectivity index is 2.42. The van der Waals surface area contributed by atoms with Gasteiger partial charge in [0.25, 0.3) is 0 Å². The Morgan fingerprint density at radius 1 is 1.56 bits per heavy atom. The first-order valence-electron chi connectivity index (χ1n) is 5.76. The van der Waals surface area contributed by atoms with Gasteiger partial charge in [0.2, 0.25) is 11.0 Å². The Kier molecular flexibility index (Phi) is 4.42. The Bertz CT molecular complexity index is 283. The average Bonchev–Trinajstić information content (AvgIpc) is 2.49.